The molecular weight excluding hydrogens is 228 g/mol. The summed E-state index contributed by atoms with van der Waals surface area (Å²) in [6.07, 6.45) is 4.50. The first-order chi connectivity index (χ1) is 8.83. The van der Waals surface area contributed by atoms with E-state index in [0.717, 1.165) is 0 Å². The first-order valence-corrected chi connectivity index (χ1v) is 6.32. The quantitative estimate of drug-likeness (QED) is 0.602. The fourth-order valence-electron chi connectivity index (χ4n) is 2.63. The lowest BCUT2D eigenvalue weighted by atomic mass is 9.90. The van der Waals surface area contributed by atoms with Crippen LogP contribution in [-0.4, -0.2) is 18.7 Å². The molecule has 1 aliphatic heterocycles. The minimum Gasteiger partial charge on any atom is -0.458 e. The van der Waals surface area contributed by atoms with Crippen LogP contribution in [0.1, 0.15) is 12.0 Å². The average molecular weight is 244 g/mol. The number of esters is 1. The summed E-state index contributed by atoms with van der Waals surface area (Å²) in [5.74, 6) is 0.507. The zero-order valence-electron chi connectivity index (χ0n) is 10.1. The van der Waals surface area contributed by atoms with Crippen molar-refractivity contribution < 1.29 is 14.3 Å². The van der Waals surface area contributed by atoms with E-state index >= 15 is 0 Å². The van der Waals surface area contributed by atoms with E-state index in [1.54, 1.807) is 0 Å². The molecule has 0 spiro atoms. The van der Waals surface area contributed by atoms with Gasteiger partial charge in [-0.1, -0.05) is 36.4 Å². The second-order valence-corrected chi connectivity index (χ2v) is 4.87. The SMILES string of the molecule is O=C1C[C@H]2C=C[C@H](O1)C2COCc1ccccc1. The topological polar surface area (TPSA) is 35.5 Å². The molecule has 0 N–H and O–H groups in total. The molecule has 1 unspecified atom stereocenters. The molecular formula is C15H16O3. The second kappa shape index (κ2) is 4.94. The van der Waals surface area contributed by atoms with Gasteiger partial charge in [0.25, 0.3) is 0 Å². The molecule has 0 aromatic heterocycles. The molecule has 1 saturated heterocycles. The van der Waals surface area contributed by atoms with Gasteiger partial charge in [-0.15, -0.1) is 0 Å². The Morgan fingerprint density at radius 2 is 2.06 bits per heavy atom. The minimum absolute atomic E-state index is 0.0768. The maximum atomic E-state index is 11.3. The van der Waals surface area contributed by atoms with Gasteiger partial charge in [-0.05, 0) is 17.6 Å². The van der Waals surface area contributed by atoms with Crippen LogP contribution in [-0.2, 0) is 20.9 Å². The molecule has 1 heterocycles. The molecule has 0 radical (unpaired) electrons. The van der Waals surface area contributed by atoms with Crippen molar-refractivity contribution in [3.05, 3.63) is 48.0 Å². The summed E-state index contributed by atoms with van der Waals surface area (Å²) in [7, 11) is 0. The number of hydrogen-bond acceptors (Lipinski definition) is 3. The Labute approximate surface area is 106 Å². The van der Waals surface area contributed by atoms with E-state index in [9.17, 15) is 4.79 Å². The minimum atomic E-state index is -0.0886. The zero-order valence-corrected chi connectivity index (χ0v) is 10.1. The standard InChI is InChI=1S/C15H16O3/c16-15-8-12-6-7-14(18-15)13(12)10-17-9-11-4-2-1-3-5-11/h1-7,12-14H,8-10H2/t12-,13?,14+/m1/s1. The summed E-state index contributed by atoms with van der Waals surface area (Å²) in [5, 5.41) is 0. The van der Waals surface area contributed by atoms with Gasteiger partial charge in [-0.3, -0.25) is 4.79 Å². The lowest BCUT2D eigenvalue weighted by molar-refractivity contribution is -0.158. The molecule has 3 atom stereocenters. The first-order valence-electron chi connectivity index (χ1n) is 6.32. The number of fused-ring (bicyclic) bond motifs is 2. The Bertz CT molecular complexity index is 434. The summed E-state index contributed by atoms with van der Waals surface area (Å²) in [6, 6.07) is 10.1. The number of carbonyl (C=O) groups excluding carboxylic acids is 1. The van der Waals surface area contributed by atoms with E-state index in [2.05, 4.69) is 6.08 Å². The van der Waals surface area contributed by atoms with E-state index in [1.165, 1.54) is 5.56 Å². The highest BCUT2D eigenvalue weighted by molar-refractivity contribution is 5.72. The molecule has 3 nitrogen and oxygen atoms in total. The Morgan fingerprint density at radius 3 is 2.83 bits per heavy atom. The van der Waals surface area contributed by atoms with Crippen LogP contribution in [0, 0.1) is 11.8 Å². The molecule has 2 aliphatic rings. The van der Waals surface area contributed by atoms with Gasteiger partial charge in [0.2, 0.25) is 0 Å². The van der Waals surface area contributed by atoms with Crippen LogP contribution < -0.4 is 0 Å². The van der Waals surface area contributed by atoms with Crippen LogP contribution in [0.2, 0.25) is 0 Å². The van der Waals surface area contributed by atoms with Gasteiger partial charge in [-0.2, -0.15) is 0 Å². The van der Waals surface area contributed by atoms with Gasteiger partial charge in [0.15, 0.2) is 0 Å². The number of rotatable bonds is 4. The van der Waals surface area contributed by atoms with E-state index in [-0.39, 0.29) is 12.1 Å². The molecule has 1 aromatic rings. The maximum Gasteiger partial charge on any atom is 0.306 e. The summed E-state index contributed by atoms with van der Waals surface area (Å²) in [5.41, 5.74) is 1.17. The van der Waals surface area contributed by atoms with Crippen LogP contribution in [0.3, 0.4) is 0 Å². The van der Waals surface area contributed by atoms with E-state index in [4.69, 9.17) is 9.47 Å². The fraction of sp³-hybridized carbons (Fsp3) is 0.400. The predicted molar refractivity (Wildman–Crippen MR) is 66.7 cm³/mol. The van der Waals surface area contributed by atoms with Crippen molar-refractivity contribution >= 4 is 5.97 Å². The Morgan fingerprint density at radius 1 is 1.22 bits per heavy atom. The molecule has 18 heavy (non-hydrogen) atoms. The summed E-state index contributed by atoms with van der Waals surface area (Å²) in [4.78, 5) is 11.3. The molecule has 1 fully saturated rings. The van der Waals surface area contributed by atoms with E-state index in [0.29, 0.717) is 31.5 Å². The van der Waals surface area contributed by atoms with Gasteiger partial charge in [0.1, 0.15) is 6.10 Å². The summed E-state index contributed by atoms with van der Waals surface area (Å²) in [6.45, 7) is 1.26. The summed E-state index contributed by atoms with van der Waals surface area (Å²) >= 11 is 0. The highest BCUT2D eigenvalue weighted by atomic mass is 16.5. The maximum absolute atomic E-state index is 11.3. The molecule has 1 aromatic carbocycles. The lowest BCUT2D eigenvalue weighted by Crippen LogP contribution is -2.35. The third-order valence-electron chi connectivity index (χ3n) is 3.61. The largest absolute Gasteiger partial charge is 0.458 e. The van der Waals surface area contributed by atoms with Gasteiger partial charge >= 0.3 is 5.97 Å². The first kappa shape index (κ1) is 11.5. The van der Waals surface area contributed by atoms with Crippen molar-refractivity contribution in [3.63, 3.8) is 0 Å². The monoisotopic (exact) mass is 244 g/mol. The predicted octanol–water partition coefficient (Wildman–Crippen LogP) is 2.32. The molecule has 3 rings (SSSR count). The van der Waals surface area contributed by atoms with Crippen molar-refractivity contribution in [3.8, 4) is 0 Å². The highest BCUT2D eigenvalue weighted by Gasteiger charge is 2.40. The van der Waals surface area contributed by atoms with E-state index < -0.39 is 0 Å². The smallest absolute Gasteiger partial charge is 0.306 e. The molecule has 3 heteroatoms. The number of carbonyl (C=O) groups is 1. The summed E-state index contributed by atoms with van der Waals surface area (Å²) < 4.78 is 11.0. The van der Waals surface area contributed by atoms with Crippen LogP contribution in [0.25, 0.3) is 0 Å². The van der Waals surface area contributed by atoms with Crippen LogP contribution in [0.4, 0.5) is 0 Å². The van der Waals surface area contributed by atoms with Crippen molar-refractivity contribution in [1.29, 1.82) is 0 Å². The number of hydrogen-bond donors (Lipinski definition) is 0. The van der Waals surface area contributed by atoms with Crippen LogP contribution >= 0.6 is 0 Å². The third-order valence-corrected chi connectivity index (χ3v) is 3.61. The Balaban J connectivity index is 1.51. The Kier molecular flexibility index (Phi) is 3.15. The Hall–Kier alpha value is -1.61. The zero-order chi connectivity index (χ0) is 12.4. The number of benzene rings is 1. The number of ether oxygens (including phenoxy) is 2. The number of allylic oxidation sites excluding steroid dienone is 1. The van der Waals surface area contributed by atoms with Gasteiger partial charge in [0.05, 0.1) is 19.6 Å². The highest BCUT2D eigenvalue weighted by Crippen LogP contribution is 2.35. The molecule has 2 bridgehead atoms. The van der Waals surface area contributed by atoms with Crippen molar-refractivity contribution in [2.75, 3.05) is 6.61 Å². The van der Waals surface area contributed by atoms with Gasteiger partial charge in [0, 0.05) is 5.92 Å². The van der Waals surface area contributed by atoms with Crippen molar-refractivity contribution in [1.82, 2.24) is 0 Å². The lowest BCUT2D eigenvalue weighted by Gasteiger charge is -2.29. The van der Waals surface area contributed by atoms with Gasteiger partial charge in [-0.25, -0.2) is 0 Å². The molecule has 0 saturated carbocycles. The van der Waals surface area contributed by atoms with Crippen molar-refractivity contribution in [2.24, 2.45) is 11.8 Å². The van der Waals surface area contributed by atoms with Crippen LogP contribution in [0.15, 0.2) is 42.5 Å². The van der Waals surface area contributed by atoms with Crippen molar-refractivity contribution in [2.45, 2.75) is 19.1 Å². The second-order valence-electron chi connectivity index (χ2n) is 4.87. The fourth-order valence-corrected chi connectivity index (χ4v) is 2.63. The molecule has 1 aliphatic carbocycles. The third kappa shape index (κ3) is 2.31. The van der Waals surface area contributed by atoms with E-state index in [1.807, 2.05) is 36.4 Å². The van der Waals surface area contributed by atoms with Gasteiger partial charge < -0.3 is 9.47 Å². The van der Waals surface area contributed by atoms with Crippen LogP contribution in [0.5, 0.6) is 0 Å². The average Bonchev–Trinajstić information content (AvgIpc) is 2.63. The normalized spacial score (nSPS) is 29.3. The molecule has 0 amide bonds. The molecule has 94 valence electrons.